The van der Waals surface area contributed by atoms with E-state index in [1.165, 1.54) is 11.6 Å². The fraction of sp³-hybridized carbons (Fsp3) is 0.538. The summed E-state index contributed by atoms with van der Waals surface area (Å²) in [5.74, 6) is -0.177. The summed E-state index contributed by atoms with van der Waals surface area (Å²) in [4.78, 5) is 0. The van der Waals surface area contributed by atoms with E-state index < -0.39 is 0 Å². The van der Waals surface area contributed by atoms with Gasteiger partial charge in [-0.15, -0.1) is 0 Å². The lowest BCUT2D eigenvalue weighted by Gasteiger charge is -2.28. The van der Waals surface area contributed by atoms with Crippen molar-refractivity contribution in [3.63, 3.8) is 0 Å². The van der Waals surface area contributed by atoms with Gasteiger partial charge in [0.25, 0.3) is 0 Å². The van der Waals surface area contributed by atoms with Crippen LogP contribution in [0.3, 0.4) is 0 Å². The van der Waals surface area contributed by atoms with E-state index in [2.05, 4.69) is 5.32 Å². The average molecular weight is 223 g/mol. The number of aryl methyl sites for hydroxylation is 1. The van der Waals surface area contributed by atoms with Crippen LogP contribution < -0.4 is 5.32 Å². The van der Waals surface area contributed by atoms with Crippen molar-refractivity contribution < 1.29 is 9.50 Å². The lowest BCUT2D eigenvalue weighted by molar-refractivity contribution is 0.236. The van der Waals surface area contributed by atoms with Gasteiger partial charge in [0, 0.05) is 12.1 Å². The maximum absolute atomic E-state index is 13.2. The second-order valence-electron chi connectivity index (χ2n) is 4.54. The summed E-state index contributed by atoms with van der Waals surface area (Å²) in [6, 6.07) is 5.26. The van der Waals surface area contributed by atoms with Gasteiger partial charge in [-0.05, 0) is 49.4 Å². The number of aliphatic hydroxyl groups is 1. The van der Waals surface area contributed by atoms with Crippen molar-refractivity contribution in [3.05, 3.63) is 35.1 Å². The van der Waals surface area contributed by atoms with E-state index >= 15 is 0 Å². The first-order valence-electron chi connectivity index (χ1n) is 5.86. The molecule has 0 amide bonds. The van der Waals surface area contributed by atoms with Gasteiger partial charge in [0.15, 0.2) is 0 Å². The van der Waals surface area contributed by atoms with Crippen LogP contribution in [-0.2, 0) is 6.42 Å². The zero-order valence-corrected chi connectivity index (χ0v) is 9.54. The summed E-state index contributed by atoms with van der Waals surface area (Å²) in [6.45, 7) is 2.05. The normalized spacial score (nSPS) is 21.6. The van der Waals surface area contributed by atoms with E-state index in [1.807, 2.05) is 13.0 Å². The quantitative estimate of drug-likeness (QED) is 0.823. The third-order valence-electron chi connectivity index (χ3n) is 3.18. The molecule has 1 aromatic carbocycles. The summed E-state index contributed by atoms with van der Waals surface area (Å²) < 4.78 is 13.2. The second-order valence-corrected chi connectivity index (χ2v) is 4.54. The zero-order valence-electron chi connectivity index (χ0n) is 9.54. The number of benzene rings is 1. The molecule has 3 heteroatoms. The third-order valence-corrected chi connectivity index (χ3v) is 3.18. The molecule has 1 aromatic rings. The van der Waals surface area contributed by atoms with Crippen LogP contribution in [0.1, 0.15) is 36.9 Å². The molecular weight excluding hydrogens is 205 g/mol. The summed E-state index contributed by atoms with van der Waals surface area (Å²) in [7, 11) is 0. The maximum Gasteiger partial charge on any atom is 0.123 e. The fourth-order valence-electron chi connectivity index (χ4n) is 2.34. The molecule has 2 rings (SSSR count). The zero-order chi connectivity index (χ0) is 11.5. The van der Waals surface area contributed by atoms with E-state index in [9.17, 15) is 4.39 Å². The highest BCUT2D eigenvalue weighted by Gasteiger charge is 2.21. The van der Waals surface area contributed by atoms with Crippen molar-refractivity contribution in [2.45, 2.75) is 38.3 Å². The SMILES string of the molecule is C[C@H](CO)NC1CCCc2ccc(F)cc21. The Bertz CT molecular complexity index is 367. The van der Waals surface area contributed by atoms with E-state index in [-0.39, 0.29) is 24.5 Å². The minimum atomic E-state index is -0.177. The molecule has 0 aliphatic heterocycles. The van der Waals surface area contributed by atoms with E-state index in [0.717, 1.165) is 24.8 Å². The minimum absolute atomic E-state index is 0.0548. The molecule has 2 N–H and O–H groups in total. The minimum Gasteiger partial charge on any atom is -0.395 e. The summed E-state index contributed by atoms with van der Waals surface area (Å²) in [5.41, 5.74) is 2.29. The molecule has 2 atom stereocenters. The molecule has 0 aromatic heterocycles. The Morgan fingerprint density at radius 3 is 3.12 bits per heavy atom. The van der Waals surface area contributed by atoms with Crippen LogP contribution in [0.4, 0.5) is 4.39 Å². The molecule has 1 aliphatic carbocycles. The van der Waals surface area contributed by atoms with Crippen molar-refractivity contribution in [1.82, 2.24) is 5.32 Å². The van der Waals surface area contributed by atoms with Crippen molar-refractivity contribution in [1.29, 1.82) is 0 Å². The molecule has 88 valence electrons. The molecule has 0 fully saturated rings. The van der Waals surface area contributed by atoms with Crippen molar-refractivity contribution in [3.8, 4) is 0 Å². The van der Waals surface area contributed by atoms with E-state index in [1.54, 1.807) is 6.07 Å². The van der Waals surface area contributed by atoms with Crippen LogP contribution >= 0.6 is 0 Å². The number of halogens is 1. The number of nitrogens with one attached hydrogen (secondary N) is 1. The topological polar surface area (TPSA) is 32.3 Å². The lowest BCUT2D eigenvalue weighted by atomic mass is 9.87. The van der Waals surface area contributed by atoms with Crippen molar-refractivity contribution >= 4 is 0 Å². The monoisotopic (exact) mass is 223 g/mol. The molecule has 0 saturated heterocycles. The fourth-order valence-corrected chi connectivity index (χ4v) is 2.34. The van der Waals surface area contributed by atoms with Gasteiger partial charge in [-0.3, -0.25) is 0 Å². The van der Waals surface area contributed by atoms with Crippen LogP contribution in [0, 0.1) is 5.82 Å². The van der Waals surface area contributed by atoms with Gasteiger partial charge in [-0.1, -0.05) is 6.07 Å². The van der Waals surface area contributed by atoms with Gasteiger partial charge >= 0.3 is 0 Å². The Hall–Kier alpha value is -0.930. The first-order valence-corrected chi connectivity index (χ1v) is 5.86. The van der Waals surface area contributed by atoms with E-state index in [4.69, 9.17) is 5.11 Å². The van der Waals surface area contributed by atoms with Gasteiger partial charge in [-0.2, -0.15) is 0 Å². The molecular formula is C13H18FNO. The van der Waals surface area contributed by atoms with Crippen LogP contribution in [0.15, 0.2) is 18.2 Å². The molecule has 0 saturated carbocycles. The molecule has 0 heterocycles. The number of rotatable bonds is 3. The molecule has 0 bridgehead atoms. The number of fused-ring (bicyclic) bond motifs is 1. The first kappa shape index (κ1) is 11.6. The number of hydrogen-bond donors (Lipinski definition) is 2. The lowest BCUT2D eigenvalue weighted by Crippen LogP contribution is -2.35. The van der Waals surface area contributed by atoms with Crippen LogP contribution in [0.2, 0.25) is 0 Å². The molecule has 0 radical (unpaired) electrons. The largest absolute Gasteiger partial charge is 0.395 e. The second kappa shape index (κ2) is 4.93. The Balaban J connectivity index is 2.21. The van der Waals surface area contributed by atoms with Crippen LogP contribution in [-0.4, -0.2) is 17.8 Å². The number of aliphatic hydroxyl groups excluding tert-OH is 1. The summed E-state index contributed by atoms with van der Waals surface area (Å²) in [6.07, 6.45) is 3.16. The van der Waals surface area contributed by atoms with Crippen LogP contribution in [0.25, 0.3) is 0 Å². The van der Waals surface area contributed by atoms with Gasteiger partial charge < -0.3 is 10.4 Å². The van der Waals surface area contributed by atoms with Crippen molar-refractivity contribution in [2.24, 2.45) is 0 Å². The molecule has 16 heavy (non-hydrogen) atoms. The summed E-state index contributed by atoms with van der Waals surface area (Å²) >= 11 is 0. The maximum atomic E-state index is 13.2. The van der Waals surface area contributed by atoms with Gasteiger partial charge in [0.2, 0.25) is 0 Å². The van der Waals surface area contributed by atoms with Gasteiger partial charge in [-0.25, -0.2) is 4.39 Å². The van der Waals surface area contributed by atoms with Crippen molar-refractivity contribution in [2.75, 3.05) is 6.61 Å². The first-order chi connectivity index (χ1) is 7.70. The Labute approximate surface area is 95.5 Å². The summed E-state index contributed by atoms with van der Waals surface area (Å²) in [5, 5.41) is 12.4. The molecule has 1 unspecified atom stereocenters. The molecule has 1 aliphatic rings. The highest BCUT2D eigenvalue weighted by molar-refractivity contribution is 5.32. The molecule has 2 nitrogen and oxygen atoms in total. The predicted octanol–water partition coefficient (Wildman–Crippen LogP) is 2.17. The smallest absolute Gasteiger partial charge is 0.123 e. The van der Waals surface area contributed by atoms with E-state index in [0.29, 0.717) is 0 Å². The number of hydrogen-bond acceptors (Lipinski definition) is 2. The highest BCUT2D eigenvalue weighted by Crippen LogP contribution is 2.30. The average Bonchev–Trinajstić information content (AvgIpc) is 2.29. The highest BCUT2D eigenvalue weighted by atomic mass is 19.1. The Morgan fingerprint density at radius 1 is 1.56 bits per heavy atom. The van der Waals surface area contributed by atoms with Gasteiger partial charge in [0.05, 0.1) is 6.61 Å². The Kier molecular flexibility index (Phi) is 3.56. The Morgan fingerprint density at radius 2 is 2.38 bits per heavy atom. The van der Waals surface area contributed by atoms with Crippen LogP contribution in [0.5, 0.6) is 0 Å². The standard InChI is InChI=1S/C13H18FNO/c1-9(8-16)15-13-4-2-3-10-5-6-11(14)7-12(10)13/h5-7,9,13,15-16H,2-4,8H2,1H3/t9-,13?/m1/s1. The molecule has 0 spiro atoms. The predicted molar refractivity (Wildman–Crippen MR) is 61.8 cm³/mol. The third kappa shape index (κ3) is 2.42. The van der Waals surface area contributed by atoms with Gasteiger partial charge in [0.1, 0.15) is 5.82 Å².